The van der Waals surface area contributed by atoms with Crippen molar-refractivity contribution in [3.8, 4) is 0 Å². The van der Waals surface area contributed by atoms with Crippen molar-refractivity contribution in [3.63, 3.8) is 0 Å². The van der Waals surface area contributed by atoms with Crippen molar-refractivity contribution in [3.05, 3.63) is 39.8 Å². The van der Waals surface area contributed by atoms with Gasteiger partial charge in [0.15, 0.2) is 5.16 Å². The Kier molecular flexibility index (Phi) is 7.14. The summed E-state index contributed by atoms with van der Waals surface area (Å²) >= 11 is 0.975. The molecule has 0 aromatic carbocycles. The molecule has 4 N–H and O–H groups in total. The Bertz CT molecular complexity index is 1180. The molecule has 1 unspecified atom stereocenters. The summed E-state index contributed by atoms with van der Waals surface area (Å²) in [7, 11) is 0. The molecule has 0 radical (unpaired) electrons. The minimum absolute atomic E-state index is 0. The first kappa shape index (κ1) is 23.6. The van der Waals surface area contributed by atoms with E-state index in [-0.39, 0.29) is 34.7 Å². The van der Waals surface area contributed by atoms with Crippen molar-refractivity contribution in [2.75, 3.05) is 0 Å². The molecule has 3 aromatic heterocycles. The average Bonchev–Trinajstić information content (AvgIpc) is 3.23. The van der Waals surface area contributed by atoms with Crippen LogP contribution in [-0.4, -0.2) is 63.6 Å². The second-order valence-electron chi connectivity index (χ2n) is 5.89. The molecule has 31 heavy (non-hydrogen) atoms. The molecular formula is C15H14ClN7O7S. The lowest BCUT2D eigenvalue weighted by molar-refractivity contribution is -0.391. The van der Waals surface area contributed by atoms with Crippen LogP contribution in [-0.2, 0) is 9.59 Å². The number of fused-ring (bicyclic) bond motifs is 1. The monoisotopic (exact) mass is 471 g/mol. The number of aliphatic carboxylic acids is 2. The third-order valence-corrected chi connectivity index (χ3v) is 4.58. The number of halogens is 1. The van der Waals surface area contributed by atoms with E-state index in [1.54, 1.807) is 6.07 Å². The van der Waals surface area contributed by atoms with E-state index in [4.69, 9.17) is 10.2 Å². The summed E-state index contributed by atoms with van der Waals surface area (Å²) in [4.78, 5) is 55.4. The van der Waals surface area contributed by atoms with E-state index in [1.807, 2.05) is 0 Å². The van der Waals surface area contributed by atoms with Gasteiger partial charge in [-0.3, -0.25) is 9.59 Å². The second-order valence-corrected chi connectivity index (χ2v) is 6.90. The number of hydrogen-bond acceptors (Lipinski definition) is 9. The van der Waals surface area contributed by atoms with E-state index in [9.17, 15) is 24.5 Å². The summed E-state index contributed by atoms with van der Waals surface area (Å²) in [5, 5.41) is 35.6. The number of aromatic nitrogens is 5. The van der Waals surface area contributed by atoms with Gasteiger partial charge >= 0.3 is 17.8 Å². The van der Waals surface area contributed by atoms with Crippen LogP contribution in [0.25, 0.3) is 5.65 Å². The van der Waals surface area contributed by atoms with Gasteiger partial charge in [-0.1, -0.05) is 9.61 Å². The first-order chi connectivity index (χ1) is 14.2. The third kappa shape index (κ3) is 5.26. The summed E-state index contributed by atoms with van der Waals surface area (Å²) < 4.78 is 1.05. The SMILES string of the molecule is Cc1[nH]c(Sc2ccc3ncc([N+](=O)[O-])n3n2)nc1C(=O)NC(CC(=O)O)C(=O)O.Cl. The fourth-order valence-corrected chi connectivity index (χ4v) is 3.22. The van der Waals surface area contributed by atoms with Crippen molar-refractivity contribution < 1.29 is 29.5 Å². The van der Waals surface area contributed by atoms with Crippen molar-refractivity contribution in [1.82, 2.24) is 29.9 Å². The molecule has 0 fully saturated rings. The summed E-state index contributed by atoms with van der Waals surface area (Å²) in [5.74, 6) is -4.06. The van der Waals surface area contributed by atoms with Crippen LogP contribution in [0.3, 0.4) is 0 Å². The van der Waals surface area contributed by atoms with Crippen molar-refractivity contribution in [2.45, 2.75) is 29.6 Å². The van der Waals surface area contributed by atoms with Gasteiger partial charge in [-0.15, -0.1) is 12.4 Å². The van der Waals surface area contributed by atoms with Gasteiger partial charge in [0.25, 0.3) is 5.91 Å². The van der Waals surface area contributed by atoms with Gasteiger partial charge < -0.3 is 30.6 Å². The van der Waals surface area contributed by atoms with Crippen LogP contribution < -0.4 is 5.32 Å². The number of carboxylic acid groups (broad SMARTS) is 2. The van der Waals surface area contributed by atoms with Crippen LogP contribution in [0.15, 0.2) is 28.5 Å². The van der Waals surface area contributed by atoms with Crippen molar-refractivity contribution >= 4 is 53.5 Å². The number of carbonyl (C=O) groups is 3. The van der Waals surface area contributed by atoms with E-state index in [0.717, 1.165) is 22.5 Å². The maximum Gasteiger partial charge on any atom is 0.368 e. The fraction of sp³-hybridized carbons (Fsp3) is 0.200. The first-order valence-electron chi connectivity index (χ1n) is 8.14. The smallest absolute Gasteiger partial charge is 0.368 e. The molecule has 1 atom stereocenters. The van der Waals surface area contributed by atoms with Crippen LogP contribution in [0.4, 0.5) is 5.82 Å². The molecule has 0 bridgehead atoms. The highest BCUT2D eigenvalue weighted by Crippen LogP contribution is 2.25. The number of H-pyrrole nitrogens is 1. The normalized spacial score (nSPS) is 11.5. The standard InChI is InChI=1S/C15H13N7O7S.ClH/c1-6-12(13(25)18-7(14(26)27)4-11(23)24)19-15(17-6)30-9-3-2-8-16-5-10(22(28)29)21(8)20-9;/h2-3,5,7H,4H2,1H3,(H,17,19)(H,18,25)(H,23,24)(H,26,27);1H. The number of carboxylic acids is 2. The van der Waals surface area contributed by atoms with Crippen molar-refractivity contribution in [1.29, 1.82) is 0 Å². The molecule has 0 aliphatic carbocycles. The van der Waals surface area contributed by atoms with Crippen LogP contribution in [0.5, 0.6) is 0 Å². The predicted molar refractivity (Wildman–Crippen MR) is 105 cm³/mol. The Labute approximate surface area is 182 Å². The zero-order chi connectivity index (χ0) is 22.0. The number of amides is 1. The van der Waals surface area contributed by atoms with Crippen LogP contribution in [0.1, 0.15) is 22.6 Å². The molecule has 1 amide bonds. The van der Waals surface area contributed by atoms with Crippen LogP contribution in [0, 0.1) is 17.0 Å². The van der Waals surface area contributed by atoms with Gasteiger partial charge in [-0.2, -0.15) is 0 Å². The van der Waals surface area contributed by atoms with Crippen molar-refractivity contribution in [2.24, 2.45) is 0 Å². The highest BCUT2D eigenvalue weighted by atomic mass is 35.5. The zero-order valence-corrected chi connectivity index (χ0v) is 17.1. The van der Waals surface area contributed by atoms with E-state index < -0.39 is 35.2 Å². The van der Waals surface area contributed by atoms with E-state index in [0.29, 0.717) is 10.7 Å². The van der Waals surface area contributed by atoms with Gasteiger partial charge in [0, 0.05) is 11.8 Å². The summed E-state index contributed by atoms with van der Waals surface area (Å²) in [5.41, 5.74) is 0.466. The molecule has 0 aliphatic heterocycles. The Morgan fingerprint density at radius 1 is 1.35 bits per heavy atom. The van der Waals surface area contributed by atoms with E-state index in [1.165, 1.54) is 13.0 Å². The number of nitro groups is 1. The summed E-state index contributed by atoms with van der Waals surface area (Å²) in [6, 6.07) is 1.46. The highest BCUT2D eigenvalue weighted by Gasteiger charge is 2.26. The topological polar surface area (TPSA) is 206 Å². The van der Waals surface area contributed by atoms with Gasteiger partial charge in [0.1, 0.15) is 23.0 Å². The molecule has 0 aliphatic rings. The molecule has 16 heteroatoms. The zero-order valence-electron chi connectivity index (χ0n) is 15.5. The number of aryl methyl sites for hydroxylation is 1. The fourth-order valence-electron chi connectivity index (χ4n) is 2.43. The predicted octanol–water partition coefficient (Wildman–Crippen LogP) is 0.900. The molecule has 3 aromatic rings. The molecular weight excluding hydrogens is 458 g/mol. The van der Waals surface area contributed by atoms with E-state index >= 15 is 0 Å². The number of nitrogens with zero attached hydrogens (tertiary/aromatic N) is 5. The number of carbonyl (C=O) groups excluding carboxylic acids is 1. The molecule has 0 spiro atoms. The lowest BCUT2D eigenvalue weighted by Gasteiger charge is -2.11. The van der Waals surface area contributed by atoms with E-state index in [2.05, 4.69) is 25.4 Å². The Morgan fingerprint density at radius 3 is 2.68 bits per heavy atom. The third-order valence-electron chi connectivity index (χ3n) is 3.77. The number of aromatic amines is 1. The highest BCUT2D eigenvalue weighted by molar-refractivity contribution is 7.99. The quantitative estimate of drug-likeness (QED) is 0.268. The average molecular weight is 472 g/mol. The summed E-state index contributed by atoms with van der Waals surface area (Å²) in [6.07, 6.45) is 0.284. The first-order valence-corrected chi connectivity index (χ1v) is 8.96. The van der Waals surface area contributed by atoms with Gasteiger partial charge in [-0.25, -0.2) is 14.8 Å². The minimum Gasteiger partial charge on any atom is -0.481 e. The lowest BCUT2D eigenvalue weighted by Crippen LogP contribution is -2.42. The second kappa shape index (κ2) is 9.40. The summed E-state index contributed by atoms with van der Waals surface area (Å²) in [6.45, 7) is 1.52. The molecule has 0 saturated carbocycles. The number of rotatable bonds is 8. The minimum atomic E-state index is -1.62. The molecule has 14 nitrogen and oxygen atoms in total. The van der Waals surface area contributed by atoms with Gasteiger partial charge in [-0.05, 0) is 29.7 Å². The largest absolute Gasteiger partial charge is 0.481 e. The van der Waals surface area contributed by atoms with Crippen LogP contribution in [0.2, 0.25) is 0 Å². The van der Waals surface area contributed by atoms with Gasteiger partial charge in [0.2, 0.25) is 5.65 Å². The lowest BCUT2D eigenvalue weighted by atomic mass is 10.2. The Morgan fingerprint density at radius 2 is 2.06 bits per heavy atom. The number of imidazole rings is 2. The maximum atomic E-state index is 12.3. The molecule has 164 valence electrons. The number of hydrogen-bond donors (Lipinski definition) is 4. The molecule has 3 heterocycles. The Hall–Kier alpha value is -3.72. The maximum absolute atomic E-state index is 12.3. The Balaban J connectivity index is 0.00000341. The number of nitrogens with one attached hydrogen (secondary N) is 2. The molecule has 0 saturated heterocycles. The van der Waals surface area contributed by atoms with Crippen LogP contribution >= 0.6 is 24.2 Å². The molecule has 3 rings (SSSR count). The van der Waals surface area contributed by atoms with Gasteiger partial charge in [0.05, 0.1) is 6.42 Å².